The average molecular weight is 363 g/mol. The van der Waals surface area contributed by atoms with Crippen LogP contribution in [0.15, 0.2) is 11.1 Å². The standard InChI is InChI=1S/C10H14N5O8P/c11-7-4-8(13-10(19)15(7)24(20,21)22)14(2-12-4)9-6(18)5(17)3(1-16)23-9/h2-3,5-6,9,16-18H,1,11H2,(H2,20,21,22)/t3-,5-,6-,9-/m1/s1. The Kier molecular flexibility index (Phi) is 3.96. The molecule has 0 unspecified atom stereocenters. The molecular formula is C10H14N5O8P. The molecule has 0 spiro atoms. The lowest BCUT2D eigenvalue weighted by molar-refractivity contribution is -0.0511. The van der Waals surface area contributed by atoms with Crippen LogP contribution in [0.3, 0.4) is 0 Å². The number of aliphatic hydroxyl groups is 3. The Labute approximate surface area is 132 Å². The Morgan fingerprint density at radius 3 is 2.54 bits per heavy atom. The molecule has 132 valence electrons. The molecule has 2 aromatic rings. The van der Waals surface area contributed by atoms with E-state index in [9.17, 15) is 19.6 Å². The summed E-state index contributed by atoms with van der Waals surface area (Å²) in [5, 5.41) is 28.9. The first-order chi connectivity index (χ1) is 11.2. The van der Waals surface area contributed by atoms with Gasteiger partial charge in [0.05, 0.1) is 12.9 Å². The molecule has 0 amide bonds. The number of aliphatic hydroxyl groups excluding tert-OH is 3. The fraction of sp³-hybridized carbons (Fsp3) is 0.500. The molecule has 0 radical (unpaired) electrons. The van der Waals surface area contributed by atoms with E-state index in [1.165, 1.54) is 0 Å². The maximum absolute atomic E-state index is 11.9. The summed E-state index contributed by atoms with van der Waals surface area (Å²) in [7, 11) is -5.04. The number of hydrogen-bond donors (Lipinski definition) is 6. The summed E-state index contributed by atoms with van der Waals surface area (Å²) < 4.78 is 17.7. The van der Waals surface area contributed by atoms with Gasteiger partial charge in [0, 0.05) is 0 Å². The first-order valence-corrected chi connectivity index (χ1v) is 8.17. The van der Waals surface area contributed by atoms with Crippen LogP contribution in [0.2, 0.25) is 0 Å². The second kappa shape index (κ2) is 5.60. The highest BCUT2D eigenvalue weighted by molar-refractivity contribution is 7.50. The Morgan fingerprint density at radius 1 is 1.33 bits per heavy atom. The SMILES string of the molecule is Nc1c2ncn([C@@H]3O[C@H](CO)[C@@H](O)[C@H]3O)c2nc(=O)n1P(=O)(O)O. The number of nitrogens with zero attached hydrogens (tertiary/aromatic N) is 4. The first kappa shape index (κ1) is 17.0. The minimum atomic E-state index is -5.04. The van der Waals surface area contributed by atoms with Crippen LogP contribution in [0.25, 0.3) is 11.2 Å². The predicted octanol–water partition coefficient (Wildman–Crippen LogP) is -3.27. The van der Waals surface area contributed by atoms with Crippen molar-refractivity contribution in [2.75, 3.05) is 12.3 Å². The zero-order chi connectivity index (χ0) is 17.8. The number of aromatic nitrogens is 4. The van der Waals surface area contributed by atoms with Gasteiger partial charge in [-0.2, -0.15) is 9.32 Å². The minimum absolute atomic E-state index is 0.00395. The van der Waals surface area contributed by atoms with E-state index in [1.54, 1.807) is 0 Å². The largest absolute Gasteiger partial charge is 0.439 e. The molecule has 24 heavy (non-hydrogen) atoms. The summed E-state index contributed by atoms with van der Waals surface area (Å²) in [6, 6.07) is 0. The van der Waals surface area contributed by atoms with Crippen molar-refractivity contribution in [2.45, 2.75) is 24.5 Å². The van der Waals surface area contributed by atoms with Gasteiger partial charge in [-0.25, -0.2) is 14.3 Å². The number of nitrogen functional groups attached to an aromatic ring is 1. The summed E-state index contributed by atoms with van der Waals surface area (Å²) in [5.74, 6) is -0.608. The van der Waals surface area contributed by atoms with Crippen molar-refractivity contribution in [2.24, 2.45) is 0 Å². The maximum Gasteiger partial charge on any atom is 0.439 e. The van der Waals surface area contributed by atoms with Crippen molar-refractivity contribution in [1.82, 2.24) is 18.9 Å². The van der Waals surface area contributed by atoms with Gasteiger partial charge in [-0.05, 0) is 0 Å². The lowest BCUT2D eigenvalue weighted by Crippen LogP contribution is -2.33. The van der Waals surface area contributed by atoms with Crippen molar-refractivity contribution in [3.8, 4) is 0 Å². The normalized spacial score (nSPS) is 27.9. The summed E-state index contributed by atoms with van der Waals surface area (Å²) in [6.45, 7) is -0.554. The van der Waals surface area contributed by atoms with Crippen LogP contribution >= 0.6 is 7.75 Å². The topological polar surface area (TPSA) is 206 Å². The Bertz CT molecular complexity index is 889. The molecule has 4 atom stereocenters. The second-order valence-corrected chi connectivity index (χ2v) is 6.58. The molecule has 1 saturated heterocycles. The fourth-order valence-electron chi connectivity index (χ4n) is 2.54. The van der Waals surface area contributed by atoms with Gasteiger partial charge in [-0.15, -0.1) is 0 Å². The number of anilines is 1. The molecule has 0 bridgehead atoms. The van der Waals surface area contributed by atoms with Gasteiger partial charge < -0.3 is 35.6 Å². The molecule has 1 fully saturated rings. The van der Waals surface area contributed by atoms with Crippen LogP contribution in [-0.2, 0) is 9.30 Å². The number of rotatable bonds is 3. The van der Waals surface area contributed by atoms with Crippen molar-refractivity contribution in [3.63, 3.8) is 0 Å². The lowest BCUT2D eigenvalue weighted by Gasteiger charge is -2.17. The Balaban J connectivity index is 2.17. The van der Waals surface area contributed by atoms with Crippen molar-refractivity contribution in [1.29, 1.82) is 0 Å². The number of imidazole rings is 1. The Morgan fingerprint density at radius 2 is 2.00 bits per heavy atom. The van der Waals surface area contributed by atoms with E-state index >= 15 is 0 Å². The van der Waals surface area contributed by atoms with Crippen LogP contribution in [0.4, 0.5) is 5.82 Å². The first-order valence-electron chi connectivity index (χ1n) is 6.60. The lowest BCUT2D eigenvalue weighted by atomic mass is 10.1. The van der Waals surface area contributed by atoms with E-state index in [4.69, 9.17) is 25.4 Å². The zero-order valence-electron chi connectivity index (χ0n) is 11.9. The highest BCUT2D eigenvalue weighted by atomic mass is 31.2. The quantitative estimate of drug-likeness (QED) is 0.298. The van der Waals surface area contributed by atoms with Gasteiger partial charge in [-0.1, -0.05) is 0 Å². The van der Waals surface area contributed by atoms with E-state index < -0.39 is 50.4 Å². The molecule has 1 aliphatic heterocycles. The molecule has 0 aliphatic carbocycles. The smallest absolute Gasteiger partial charge is 0.394 e. The summed E-state index contributed by atoms with van der Waals surface area (Å²) >= 11 is 0. The molecule has 7 N–H and O–H groups in total. The third-order valence-electron chi connectivity index (χ3n) is 3.67. The minimum Gasteiger partial charge on any atom is -0.394 e. The summed E-state index contributed by atoms with van der Waals surface area (Å²) in [5.41, 5.74) is 3.88. The van der Waals surface area contributed by atoms with E-state index in [0.29, 0.717) is 0 Å². The van der Waals surface area contributed by atoms with Crippen LogP contribution < -0.4 is 11.4 Å². The van der Waals surface area contributed by atoms with Crippen molar-refractivity contribution >= 4 is 24.7 Å². The molecule has 3 heterocycles. The van der Waals surface area contributed by atoms with E-state index in [1.807, 2.05) is 0 Å². The molecule has 13 nitrogen and oxygen atoms in total. The highest BCUT2D eigenvalue weighted by Crippen LogP contribution is 2.39. The van der Waals surface area contributed by atoms with Gasteiger partial charge >= 0.3 is 13.4 Å². The average Bonchev–Trinajstić information content (AvgIpc) is 3.00. The number of ether oxygens (including phenoxy) is 1. The third-order valence-corrected chi connectivity index (χ3v) is 4.58. The third kappa shape index (κ3) is 2.43. The molecule has 3 rings (SSSR count). The number of fused-ring (bicyclic) bond motifs is 1. The molecule has 2 aromatic heterocycles. The van der Waals surface area contributed by atoms with Crippen LogP contribution in [0, 0.1) is 0 Å². The van der Waals surface area contributed by atoms with Crippen LogP contribution in [0.1, 0.15) is 6.23 Å². The molecule has 1 aliphatic rings. The summed E-state index contributed by atoms with van der Waals surface area (Å²) in [6.07, 6.45) is -4.04. The van der Waals surface area contributed by atoms with Gasteiger partial charge in [-0.3, -0.25) is 4.57 Å². The Hall–Kier alpha value is -1.86. The van der Waals surface area contributed by atoms with Gasteiger partial charge in [0.2, 0.25) is 0 Å². The molecular weight excluding hydrogens is 349 g/mol. The fourth-order valence-corrected chi connectivity index (χ4v) is 3.18. The van der Waals surface area contributed by atoms with Gasteiger partial charge in [0.25, 0.3) is 0 Å². The molecule has 0 saturated carbocycles. The second-order valence-electron chi connectivity index (χ2n) is 5.16. The number of hydrogen-bond acceptors (Lipinski definition) is 9. The van der Waals surface area contributed by atoms with E-state index in [0.717, 1.165) is 10.9 Å². The number of nitrogens with two attached hydrogens (primary N) is 1. The summed E-state index contributed by atoms with van der Waals surface area (Å²) in [4.78, 5) is 37.6. The highest BCUT2D eigenvalue weighted by Gasteiger charge is 2.44. The maximum atomic E-state index is 11.9. The predicted molar refractivity (Wildman–Crippen MR) is 76.7 cm³/mol. The molecule has 0 aromatic carbocycles. The monoisotopic (exact) mass is 363 g/mol. The van der Waals surface area contributed by atoms with Gasteiger partial charge in [0.1, 0.15) is 29.6 Å². The van der Waals surface area contributed by atoms with E-state index in [2.05, 4.69) is 9.97 Å². The zero-order valence-corrected chi connectivity index (χ0v) is 12.8. The van der Waals surface area contributed by atoms with Crippen molar-refractivity contribution < 1.29 is 34.4 Å². The van der Waals surface area contributed by atoms with Crippen molar-refractivity contribution in [3.05, 3.63) is 16.8 Å². The van der Waals surface area contributed by atoms with Crippen LogP contribution in [-0.4, -0.2) is 68.9 Å². The van der Waals surface area contributed by atoms with Crippen LogP contribution in [0.5, 0.6) is 0 Å². The van der Waals surface area contributed by atoms with Gasteiger partial charge in [0.15, 0.2) is 11.9 Å². The molecule has 14 heteroatoms. The van der Waals surface area contributed by atoms with E-state index in [-0.39, 0.29) is 15.5 Å².